The van der Waals surface area contributed by atoms with Crippen LogP contribution in [0.4, 0.5) is 0 Å². The van der Waals surface area contributed by atoms with Crippen molar-refractivity contribution in [3.05, 3.63) is 18.0 Å². The van der Waals surface area contributed by atoms with E-state index in [4.69, 9.17) is 0 Å². The molecule has 0 aromatic carbocycles. The molecule has 0 amide bonds. The number of hydrogen-bond donors (Lipinski definition) is 1. The third kappa shape index (κ3) is 3.50. The number of nitrogens with one attached hydrogen (secondary N) is 1. The number of rotatable bonds is 6. The molecule has 0 bridgehead atoms. The standard InChI is InChI=1S/C18H33N3/c1-6-11-19-16-13-14(3)8-9-15(16)18(4,5)17-10-12-20-21(17)7-2/h10,12,14-16,19H,6-9,11,13H2,1-5H3. The third-order valence-electron chi connectivity index (χ3n) is 5.37. The lowest BCUT2D eigenvalue weighted by atomic mass is 9.65. The third-order valence-corrected chi connectivity index (χ3v) is 5.37. The van der Waals surface area contributed by atoms with Crippen LogP contribution in [-0.4, -0.2) is 22.4 Å². The van der Waals surface area contributed by atoms with Crippen LogP contribution in [0.3, 0.4) is 0 Å². The second-order valence-corrected chi connectivity index (χ2v) is 7.34. The first-order chi connectivity index (χ1) is 10.0. The molecule has 0 radical (unpaired) electrons. The van der Waals surface area contributed by atoms with Crippen molar-refractivity contribution in [2.45, 2.75) is 78.3 Å². The van der Waals surface area contributed by atoms with Gasteiger partial charge in [-0.3, -0.25) is 4.68 Å². The van der Waals surface area contributed by atoms with Crippen LogP contribution in [0.1, 0.15) is 66.0 Å². The van der Waals surface area contributed by atoms with Gasteiger partial charge >= 0.3 is 0 Å². The summed E-state index contributed by atoms with van der Waals surface area (Å²) >= 11 is 0. The van der Waals surface area contributed by atoms with E-state index in [-0.39, 0.29) is 5.41 Å². The topological polar surface area (TPSA) is 29.9 Å². The first kappa shape index (κ1) is 16.5. The summed E-state index contributed by atoms with van der Waals surface area (Å²) in [4.78, 5) is 0. The molecule has 1 aromatic rings. The van der Waals surface area contributed by atoms with Crippen molar-refractivity contribution in [1.29, 1.82) is 0 Å². The maximum atomic E-state index is 4.49. The van der Waals surface area contributed by atoms with E-state index < -0.39 is 0 Å². The van der Waals surface area contributed by atoms with Crippen molar-refractivity contribution >= 4 is 0 Å². The minimum atomic E-state index is 0.179. The van der Waals surface area contributed by atoms with Crippen LogP contribution >= 0.6 is 0 Å². The Morgan fingerprint density at radius 3 is 2.76 bits per heavy atom. The highest BCUT2D eigenvalue weighted by molar-refractivity contribution is 5.17. The van der Waals surface area contributed by atoms with Gasteiger partial charge in [0.25, 0.3) is 0 Å². The van der Waals surface area contributed by atoms with Gasteiger partial charge in [0, 0.05) is 29.9 Å². The smallest absolute Gasteiger partial charge is 0.0492 e. The Morgan fingerprint density at radius 2 is 2.10 bits per heavy atom. The molecular formula is C18H33N3. The average molecular weight is 291 g/mol. The van der Waals surface area contributed by atoms with Crippen molar-refractivity contribution in [3.63, 3.8) is 0 Å². The highest BCUT2D eigenvalue weighted by atomic mass is 15.3. The van der Waals surface area contributed by atoms with Gasteiger partial charge in [0.05, 0.1) is 0 Å². The van der Waals surface area contributed by atoms with E-state index >= 15 is 0 Å². The Balaban J connectivity index is 2.23. The second-order valence-electron chi connectivity index (χ2n) is 7.34. The van der Waals surface area contributed by atoms with E-state index in [0.29, 0.717) is 12.0 Å². The summed E-state index contributed by atoms with van der Waals surface area (Å²) < 4.78 is 2.18. The van der Waals surface area contributed by atoms with Crippen molar-refractivity contribution in [1.82, 2.24) is 15.1 Å². The van der Waals surface area contributed by atoms with Gasteiger partial charge in [-0.1, -0.05) is 34.1 Å². The highest BCUT2D eigenvalue weighted by Gasteiger charge is 2.41. The summed E-state index contributed by atoms with van der Waals surface area (Å²) in [5, 5.41) is 8.32. The first-order valence-electron chi connectivity index (χ1n) is 8.76. The zero-order chi connectivity index (χ0) is 15.5. The molecule has 3 heteroatoms. The molecule has 0 aliphatic heterocycles. The van der Waals surface area contributed by atoms with Crippen molar-refractivity contribution < 1.29 is 0 Å². The monoisotopic (exact) mass is 291 g/mol. The molecule has 1 aliphatic rings. The molecule has 1 saturated carbocycles. The fourth-order valence-corrected chi connectivity index (χ4v) is 4.12. The lowest BCUT2D eigenvalue weighted by Gasteiger charge is -2.44. The van der Waals surface area contributed by atoms with Gasteiger partial charge in [0.2, 0.25) is 0 Å². The van der Waals surface area contributed by atoms with Crippen LogP contribution in [0.15, 0.2) is 12.3 Å². The largest absolute Gasteiger partial charge is 0.314 e. The quantitative estimate of drug-likeness (QED) is 0.859. The Bertz CT molecular complexity index is 435. The fourth-order valence-electron chi connectivity index (χ4n) is 4.12. The normalized spacial score (nSPS) is 27.0. The van der Waals surface area contributed by atoms with Crippen LogP contribution < -0.4 is 5.32 Å². The van der Waals surface area contributed by atoms with E-state index in [2.05, 4.69) is 55.8 Å². The van der Waals surface area contributed by atoms with Gasteiger partial charge < -0.3 is 5.32 Å². The van der Waals surface area contributed by atoms with Crippen molar-refractivity contribution in [3.8, 4) is 0 Å². The Morgan fingerprint density at radius 1 is 1.33 bits per heavy atom. The summed E-state index contributed by atoms with van der Waals surface area (Å²) in [6.07, 6.45) is 7.17. The molecule has 1 heterocycles. The van der Waals surface area contributed by atoms with Crippen molar-refractivity contribution in [2.75, 3.05) is 6.54 Å². The zero-order valence-corrected chi connectivity index (χ0v) is 14.5. The minimum Gasteiger partial charge on any atom is -0.314 e. The molecule has 3 nitrogen and oxygen atoms in total. The molecule has 0 saturated heterocycles. The SMILES string of the molecule is CCCNC1CC(C)CCC1C(C)(C)c1ccnn1CC. The van der Waals surface area contributed by atoms with Gasteiger partial charge in [0.15, 0.2) is 0 Å². The van der Waals surface area contributed by atoms with Gasteiger partial charge in [-0.2, -0.15) is 5.10 Å². The Hall–Kier alpha value is -0.830. The van der Waals surface area contributed by atoms with Gasteiger partial charge in [-0.05, 0) is 50.6 Å². The second kappa shape index (κ2) is 6.95. The van der Waals surface area contributed by atoms with Gasteiger partial charge in [-0.15, -0.1) is 0 Å². The van der Waals surface area contributed by atoms with Gasteiger partial charge in [0.1, 0.15) is 0 Å². The first-order valence-corrected chi connectivity index (χ1v) is 8.76. The summed E-state index contributed by atoms with van der Waals surface area (Å²) in [6, 6.07) is 2.86. The molecule has 2 rings (SSSR count). The summed E-state index contributed by atoms with van der Waals surface area (Å²) in [6.45, 7) is 13.8. The summed E-state index contributed by atoms with van der Waals surface area (Å²) in [5.74, 6) is 1.55. The molecule has 1 aliphatic carbocycles. The molecule has 1 aromatic heterocycles. The predicted octanol–water partition coefficient (Wildman–Crippen LogP) is 3.99. The van der Waals surface area contributed by atoms with Crippen molar-refractivity contribution in [2.24, 2.45) is 11.8 Å². The number of aromatic nitrogens is 2. The average Bonchev–Trinajstić information content (AvgIpc) is 2.94. The van der Waals surface area contributed by atoms with Crippen LogP contribution in [0.5, 0.6) is 0 Å². The summed E-state index contributed by atoms with van der Waals surface area (Å²) in [5.41, 5.74) is 1.57. The van der Waals surface area contributed by atoms with Crippen LogP contribution in [0.25, 0.3) is 0 Å². The molecule has 3 unspecified atom stereocenters. The molecule has 3 atom stereocenters. The van der Waals surface area contributed by atoms with E-state index in [1.165, 1.54) is 31.4 Å². The minimum absolute atomic E-state index is 0.179. The maximum absolute atomic E-state index is 4.49. The van der Waals surface area contributed by atoms with E-state index in [1.54, 1.807) is 0 Å². The molecule has 1 fully saturated rings. The van der Waals surface area contributed by atoms with E-state index in [0.717, 1.165) is 19.0 Å². The van der Waals surface area contributed by atoms with Gasteiger partial charge in [-0.25, -0.2) is 0 Å². The lowest BCUT2D eigenvalue weighted by Crippen LogP contribution is -2.49. The van der Waals surface area contributed by atoms with E-state index in [1.807, 2.05) is 6.20 Å². The Kier molecular flexibility index (Phi) is 5.48. The molecular weight excluding hydrogens is 258 g/mol. The lowest BCUT2D eigenvalue weighted by molar-refractivity contribution is 0.140. The number of hydrogen-bond acceptors (Lipinski definition) is 2. The van der Waals surface area contributed by atoms with Crippen LogP contribution in [-0.2, 0) is 12.0 Å². The molecule has 120 valence electrons. The Labute approximate surface area is 130 Å². The zero-order valence-electron chi connectivity index (χ0n) is 14.5. The molecule has 0 spiro atoms. The van der Waals surface area contributed by atoms with E-state index in [9.17, 15) is 0 Å². The summed E-state index contributed by atoms with van der Waals surface area (Å²) in [7, 11) is 0. The predicted molar refractivity (Wildman–Crippen MR) is 89.5 cm³/mol. The molecule has 21 heavy (non-hydrogen) atoms. The number of nitrogens with zero attached hydrogens (tertiary/aromatic N) is 2. The van der Waals surface area contributed by atoms with Crippen LogP contribution in [0.2, 0.25) is 0 Å². The number of aryl methyl sites for hydroxylation is 1. The van der Waals surface area contributed by atoms with Crippen LogP contribution in [0, 0.1) is 11.8 Å². The highest BCUT2D eigenvalue weighted by Crippen LogP contribution is 2.42. The fraction of sp³-hybridized carbons (Fsp3) is 0.833. The maximum Gasteiger partial charge on any atom is 0.0492 e. The molecule has 1 N–H and O–H groups in total.